The van der Waals surface area contributed by atoms with Crippen molar-refractivity contribution >= 4 is 40.4 Å². The number of rotatable bonds is 8. The van der Waals surface area contributed by atoms with Crippen LogP contribution in [0.2, 0.25) is 0 Å². The lowest BCUT2D eigenvalue weighted by Crippen LogP contribution is -2.40. The van der Waals surface area contributed by atoms with Crippen molar-refractivity contribution in [2.75, 3.05) is 0 Å². The molecular formula is C34H26NO3P. The first kappa shape index (κ1) is 25.8. The molecule has 0 saturated heterocycles. The van der Waals surface area contributed by atoms with Crippen LogP contribution in [0.1, 0.15) is 15.9 Å². The normalized spacial score (nSPS) is 11.8. The molecule has 39 heavy (non-hydrogen) atoms. The van der Waals surface area contributed by atoms with E-state index in [1.807, 2.05) is 121 Å². The van der Waals surface area contributed by atoms with Crippen molar-refractivity contribution < 1.29 is 14.7 Å². The number of carbonyl (C=O) groups is 2. The second-order valence-electron chi connectivity index (χ2n) is 8.87. The minimum atomic E-state index is -2.90. The Hall–Kier alpha value is -4.79. The van der Waals surface area contributed by atoms with Crippen LogP contribution in [-0.2, 0) is 4.79 Å². The predicted octanol–water partition coefficient (Wildman–Crippen LogP) is 4.53. The molecule has 0 spiro atoms. The van der Waals surface area contributed by atoms with Gasteiger partial charge in [-0.3, -0.25) is 4.79 Å². The van der Waals surface area contributed by atoms with E-state index in [4.69, 9.17) is 0 Å². The summed E-state index contributed by atoms with van der Waals surface area (Å²) in [5, 5.41) is 19.2. The largest absolute Gasteiger partial charge is 0.543 e. The molecule has 0 bridgehead atoms. The second-order valence-corrected chi connectivity index (χ2v) is 12.2. The first-order chi connectivity index (χ1) is 19.1. The molecule has 0 heterocycles. The van der Waals surface area contributed by atoms with Crippen LogP contribution in [0.25, 0.3) is 5.31 Å². The minimum Gasteiger partial charge on any atom is -0.543 e. The number of carboxylic acids is 1. The average Bonchev–Trinajstić information content (AvgIpc) is 3.01. The summed E-state index contributed by atoms with van der Waals surface area (Å²) in [6, 6.07) is 47.7. The molecule has 5 heteroatoms. The van der Waals surface area contributed by atoms with Gasteiger partial charge in [-0.2, -0.15) is 0 Å². The number of benzene rings is 5. The second kappa shape index (κ2) is 11.7. The molecule has 1 N–H and O–H groups in total. The smallest absolute Gasteiger partial charge is 0.255 e. The lowest BCUT2D eigenvalue weighted by atomic mass is 10.1. The number of hydrogen-bond acceptors (Lipinski definition) is 3. The van der Waals surface area contributed by atoms with Crippen LogP contribution >= 0.6 is 7.26 Å². The quantitative estimate of drug-likeness (QED) is 0.238. The minimum absolute atomic E-state index is 0.250. The summed E-state index contributed by atoms with van der Waals surface area (Å²) in [7, 11) is -2.90. The van der Waals surface area contributed by atoms with Crippen molar-refractivity contribution in [3.8, 4) is 0 Å². The Bertz CT molecular complexity index is 1490. The van der Waals surface area contributed by atoms with E-state index >= 15 is 0 Å². The molecule has 5 rings (SSSR count). The van der Waals surface area contributed by atoms with Gasteiger partial charge >= 0.3 is 0 Å². The van der Waals surface area contributed by atoms with E-state index in [-0.39, 0.29) is 5.70 Å². The van der Waals surface area contributed by atoms with Crippen LogP contribution in [0.3, 0.4) is 0 Å². The van der Waals surface area contributed by atoms with E-state index in [0.717, 1.165) is 15.9 Å². The van der Waals surface area contributed by atoms with E-state index in [9.17, 15) is 14.7 Å². The molecule has 0 unspecified atom stereocenters. The summed E-state index contributed by atoms with van der Waals surface area (Å²) >= 11 is 0. The van der Waals surface area contributed by atoms with Crippen LogP contribution < -0.4 is 26.3 Å². The zero-order valence-electron chi connectivity index (χ0n) is 21.1. The van der Waals surface area contributed by atoms with Crippen LogP contribution in [0, 0.1) is 0 Å². The maximum absolute atomic E-state index is 13.4. The van der Waals surface area contributed by atoms with Gasteiger partial charge in [-0.1, -0.05) is 103 Å². The molecule has 0 aliphatic carbocycles. The summed E-state index contributed by atoms with van der Waals surface area (Å²) in [4.78, 5) is 26.5. The fourth-order valence-electron chi connectivity index (χ4n) is 4.87. The number of hydrogen-bond donors (Lipinski definition) is 1. The summed E-state index contributed by atoms with van der Waals surface area (Å²) in [6.07, 6.45) is 0. The first-order valence-electron chi connectivity index (χ1n) is 12.6. The van der Waals surface area contributed by atoms with Gasteiger partial charge in [0, 0.05) is 11.1 Å². The van der Waals surface area contributed by atoms with Crippen LogP contribution in [0.5, 0.6) is 0 Å². The van der Waals surface area contributed by atoms with Crippen molar-refractivity contribution in [1.29, 1.82) is 0 Å². The highest BCUT2D eigenvalue weighted by molar-refractivity contribution is 8.03. The van der Waals surface area contributed by atoms with E-state index in [2.05, 4.69) is 5.32 Å². The fourth-order valence-corrected chi connectivity index (χ4v) is 9.42. The van der Waals surface area contributed by atoms with E-state index in [1.165, 1.54) is 0 Å². The monoisotopic (exact) mass is 527 g/mol. The summed E-state index contributed by atoms with van der Waals surface area (Å²) in [5.74, 6) is -1.97. The van der Waals surface area contributed by atoms with E-state index in [1.54, 1.807) is 30.3 Å². The predicted molar refractivity (Wildman–Crippen MR) is 157 cm³/mol. The number of carbonyl (C=O) groups excluding carboxylic acids is 2. The number of aliphatic carboxylic acids is 1. The Kier molecular flexibility index (Phi) is 7.77. The topological polar surface area (TPSA) is 69.2 Å². The highest BCUT2D eigenvalue weighted by Gasteiger charge is 2.52. The highest BCUT2D eigenvalue weighted by Crippen LogP contribution is 2.67. The zero-order chi connectivity index (χ0) is 27.1. The van der Waals surface area contributed by atoms with Crippen LogP contribution in [0.4, 0.5) is 0 Å². The molecule has 0 aromatic heterocycles. The number of nitrogens with one attached hydrogen (secondary N) is 1. The van der Waals surface area contributed by atoms with Crippen molar-refractivity contribution in [1.82, 2.24) is 5.32 Å². The Morgan fingerprint density at radius 2 is 0.821 bits per heavy atom. The van der Waals surface area contributed by atoms with Gasteiger partial charge in [0.25, 0.3) is 5.91 Å². The summed E-state index contributed by atoms with van der Waals surface area (Å²) < 4.78 is 0. The zero-order valence-corrected chi connectivity index (χ0v) is 22.0. The Labute approximate surface area is 228 Å². The van der Waals surface area contributed by atoms with Crippen molar-refractivity contribution in [2.45, 2.75) is 0 Å². The molecule has 5 aromatic rings. The molecular weight excluding hydrogens is 501 g/mol. The van der Waals surface area contributed by atoms with E-state index in [0.29, 0.717) is 16.4 Å². The van der Waals surface area contributed by atoms with Gasteiger partial charge in [-0.25, -0.2) is 0 Å². The standard InChI is InChI=1S/C34H26NO3P/c36-33(27-18-8-2-9-19-27)35-31(34(37)38)32(26-16-6-1-7-17-26)39(28-20-10-3-11-21-28,29-22-12-4-13-23-29)30-24-14-5-15-25-30/h1-25H,(H-,35,36,37,38). The van der Waals surface area contributed by atoms with Crippen LogP contribution in [0.15, 0.2) is 157 Å². The number of amides is 1. The summed E-state index contributed by atoms with van der Waals surface area (Å²) in [5.41, 5.74) is 0.793. The van der Waals surface area contributed by atoms with Crippen molar-refractivity contribution in [2.24, 2.45) is 0 Å². The highest BCUT2D eigenvalue weighted by atomic mass is 31.2. The lowest BCUT2D eigenvalue weighted by molar-refractivity contribution is -0.299. The molecule has 0 atom stereocenters. The molecule has 0 fully saturated rings. The molecule has 1 amide bonds. The van der Waals surface area contributed by atoms with Gasteiger partial charge in [0.15, 0.2) is 0 Å². The fraction of sp³-hybridized carbons (Fsp3) is 0. The third-order valence-corrected chi connectivity index (χ3v) is 10.9. The maximum Gasteiger partial charge on any atom is 0.255 e. The molecule has 190 valence electrons. The van der Waals surface area contributed by atoms with Gasteiger partial charge in [0.1, 0.15) is 34.2 Å². The Morgan fingerprint density at radius 3 is 1.18 bits per heavy atom. The van der Waals surface area contributed by atoms with Gasteiger partial charge < -0.3 is 15.2 Å². The first-order valence-corrected chi connectivity index (χ1v) is 14.3. The molecule has 0 aliphatic heterocycles. The Morgan fingerprint density at radius 1 is 0.487 bits per heavy atom. The molecule has 0 saturated carbocycles. The SMILES string of the molecule is O=C([O-])C(NC(=O)c1ccccc1)=C(c1ccccc1)[P+](c1ccccc1)(c1ccccc1)c1ccccc1. The summed E-state index contributed by atoms with van der Waals surface area (Å²) in [6.45, 7) is 0. The third kappa shape index (κ3) is 5.16. The van der Waals surface area contributed by atoms with Crippen molar-refractivity contribution in [3.63, 3.8) is 0 Å². The van der Waals surface area contributed by atoms with Gasteiger partial charge in [0.2, 0.25) is 0 Å². The van der Waals surface area contributed by atoms with E-state index < -0.39 is 19.1 Å². The van der Waals surface area contributed by atoms with Gasteiger partial charge in [-0.05, 0) is 48.5 Å². The number of carboxylic acid groups (broad SMARTS) is 1. The van der Waals surface area contributed by atoms with Gasteiger partial charge in [0.05, 0.1) is 5.97 Å². The lowest BCUT2D eigenvalue weighted by Gasteiger charge is -2.32. The third-order valence-electron chi connectivity index (χ3n) is 6.53. The van der Waals surface area contributed by atoms with Crippen LogP contribution in [-0.4, -0.2) is 11.9 Å². The molecule has 0 aliphatic rings. The molecule has 4 nitrogen and oxygen atoms in total. The molecule has 5 aromatic carbocycles. The molecule has 0 radical (unpaired) electrons. The maximum atomic E-state index is 13.4. The Balaban J connectivity index is 1.94. The average molecular weight is 528 g/mol. The van der Waals surface area contributed by atoms with Gasteiger partial charge in [-0.15, -0.1) is 0 Å². The van der Waals surface area contributed by atoms with Crippen molar-refractivity contribution in [3.05, 3.63) is 168 Å².